The van der Waals surface area contributed by atoms with Gasteiger partial charge in [0, 0.05) is 0 Å². The Balaban J connectivity index is 2.80. The Morgan fingerprint density at radius 3 is 2.00 bits per heavy atom. The summed E-state index contributed by atoms with van der Waals surface area (Å²) in [7, 11) is 0. The van der Waals surface area contributed by atoms with Gasteiger partial charge < -0.3 is 0 Å². The van der Waals surface area contributed by atoms with E-state index in [1.54, 1.807) is 0 Å². The van der Waals surface area contributed by atoms with E-state index < -0.39 is 0 Å². The molecule has 0 aromatic rings. The zero-order valence-corrected chi connectivity index (χ0v) is 7.49. The zero-order valence-electron chi connectivity index (χ0n) is 2.58. The molecule has 0 aromatic carbocycles. The van der Waals surface area contributed by atoms with Crippen LogP contribution < -0.4 is 5.73 Å². The fourth-order valence-corrected chi connectivity index (χ4v) is 0. The van der Waals surface area contributed by atoms with Crippen molar-refractivity contribution in [2.24, 2.45) is 5.73 Å². The SMILES string of the molecule is N=[C](N)[SrH]. The number of hydrogen-bond donors (Lipinski definition) is 2. The van der Waals surface area contributed by atoms with Crippen molar-refractivity contribution in [1.29, 1.82) is 5.41 Å². The van der Waals surface area contributed by atoms with Crippen molar-refractivity contribution in [2.45, 2.75) is 0 Å². The van der Waals surface area contributed by atoms with E-state index in [0.717, 1.165) is 0 Å². The van der Waals surface area contributed by atoms with Gasteiger partial charge in [-0.15, -0.1) is 0 Å². The second kappa shape index (κ2) is 2.20. The van der Waals surface area contributed by atoms with Crippen molar-refractivity contribution in [3.8, 4) is 0 Å². The van der Waals surface area contributed by atoms with Crippen LogP contribution in [0.5, 0.6) is 0 Å². The van der Waals surface area contributed by atoms with Gasteiger partial charge in [0.1, 0.15) is 0 Å². The third-order valence-electron chi connectivity index (χ3n) is 0. The molecule has 0 saturated carbocycles. The summed E-state index contributed by atoms with van der Waals surface area (Å²) < 4.78 is 0.377. The van der Waals surface area contributed by atoms with Crippen LogP contribution in [0.1, 0.15) is 0 Å². The van der Waals surface area contributed by atoms with Crippen molar-refractivity contribution >= 4 is 44.1 Å². The molecular weight excluding hydrogens is 128 g/mol. The predicted octanol–water partition coefficient (Wildman–Crippen LogP) is -1.22. The Morgan fingerprint density at radius 2 is 2.00 bits per heavy atom. The zero-order chi connectivity index (χ0) is 3.58. The maximum atomic E-state index is 6.37. The Hall–Kier alpha value is 0.951. The molecule has 2 nitrogen and oxygen atoms in total. The average Bonchev–Trinajstić information content (AvgIpc) is 0.811. The van der Waals surface area contributed by atoms with Crippen molar-refractivity contribution in [3.05, 3.63) is 0 Å². The molecule has 0 aliphatic heterocycles. The molecule has 0 fully saturated rings. The van der Waals surface area contributed by atoms with E-state index in [9.17, 15) is 0 Å². The average molecular weight is 132 g/mol. The summed E-state index contributed by atoms with van der Waals surface area (Å²) in [5.41, 5.74) is 4.79. The van der Waals surface area contributed by atoms with Crippen LogP contribution in [0.4, 0.5) is 0 Å². The van der Waals surface area contributed by atoms with E-state index in [0.29, 0.717) is 44.1 Å². The monoisotopic (exact) mass is 132 g/mol. The van der Waals surface area contributed by atoms with Gasteiger partial charge >= 0.3 is 55.2 Å². The molecule has 4 heavy (non-hydrogen) atoms. The normalized spacial score (nSPS) is 5.75. The standard InChI is InChI=1S/CH3N2.Sr.H/c2-1-3;;/h(H3,2,3);;. The van der Waals surface area contributed by atoms with Crippen LogP contribution in [0.3, 0.4) is 0 Å². The third-order valence-corrected chi connectivity index (χ3v) is 0. The Bertz CT molecular complexity index is 29.0. The van der Waals surface area contributed by atoms with E-state index in [2.05, 4.69) is 0 Å². The van der Waals surface area contributed by atoms with Crippen LogP contribution >= 0.6 is 0 Å². The first-order valence-electron chi connectivity index (χ1n) is 1.04. The van der Waals surface area contributed by atoms with Crippen molar-refractivity contribution in [1.82, 2.24) is 0 Å². The predicted molar refractivity (Wildman–Crippen MR) is 19.1 cm³/mol. The number of nitrogens with one attached hydrogen (secondary N) is 1. The summed E-state index contributed by atoms with van der Waals surface area (Å²) in [5.74, 6) is 0. The van der Waals surface area contributed by atoms with Crippen molar-refractivity contribution in [2.75, 3.05) is 0 Å². The second-order valence-corrected chi connectivity index (χ2v) is 3.33. The Kier molecular flexibility index (Phi) is 2.73. The van der Waals surface area contributed by atoms with Crippen LogP contribution in [0.15, 0.2) is 0 Å². The van der Waals surface area contributed by atoms with Gasteiger partial charge in [-0.1, -0.05) is 0 Å². The van der Waals surface area contributed by atoms with E-state index in [1.165, 1.54) is 0 Å². The first-order valence-corrected chi connectivity index (χ1v) is 3.50. The van der Waals surface area contributed by atoms with Crippen molar-refractivity contribution < 1.29 is 0 Å². The third kappa shape index (κ3) is 12.4. The van der Waals surface area contributed by atoms with Gasteiger partial charge in [0.05, 0.1) is 0 Å². The molecule has 0 saturated heterocycles. The minimum absolute atomic E-state index is 0.291. The molecule has 0 aliphatic rings. The molecule has 0 unspecified atom stereocenters. The molecule has 0 spiro atoms. The van der Waals surface area contributed by atoms with Gasteiger partial charge in [-0.05, 0) is 0 Å². The Labute approximate surface area is 54.4 Å². The summed E-state index contributed by atoms with van der Waals surface area (Å²) in [6.07, 6.45) is 0. The summed E-state index contributed by atoms with van der Waals surface area (Å²) in [5, 5.41) is 6.37. The fourth-order valence-electron chi connectivity index (χ4n) is 0. The van der Waals surface area contributed by atoms with Gasteiger partial charge in [-0.25, -0.2) is 0 Å². The maximum absolute atomic E-state index is 6.37. The molecule has 20 valence electrons. The molecule has 3 heteroatoms. The van der Waals surface area contributed by atoms with E-state index >= 15 is 0 Å². The summed E-state index contributed by atoms with van der Waals surface area (Å²) in [6, 6.07) is 0. The van der Waals surface area contributed by atoms with Crippen LogP contribution in [0.25, 0.3) is 0 Å². The van der Waals surface area contributed by atoms with E-state index in [-0.39, 0.29) is 0 Å². The topological polar surface area (TPSA) is 49.9 Å². The number of amidine groups is 1. The molecule has 0 aromatic heterocycles. The van der Waals surface area contributed by atoms with Gasteiger partial charge in [0.15, 0.2) is 0 Å². The van der Waals surface area contributed by atoms with Crippen LogP contribution in [-0.2, 0) is 0 Å². The van der Waals surface area contributed by atoms with Crippen LogP contribution in [0.2, 0.25) is 0 Å². The second-order valence-electron chi connectivity index (χ2n) is 0.683. The summed E-state index contributed by atoms with van der Waals surface area (Å²) >= 11 is 0.291. The van der Waals surface area contributed by atoms with Gasteiger partial charge in [-0.3, -0.25) is 0 Å². The molecule has 3 N–H and O–H groups in total. The molecule has 0 heterocycles. The molecular formula is CH4N2Sr. The van der Waals surface area contributed by atoms with Crippen LogP contribution in [0, 0.1) is 5.41 Å². The van der Waals surface area contributed by atoms with E-state index in [1.807, 2.05) is 0 Å². The Morgan fingerprint density at radius 1 is 2.00 bits per heavy atom. The number of nitrogens with two attached hydrogens (primary N) is 1. The van der Waals surface area contributed by atoms with Gasteiger partial charge in [-0.2, -0.15) is 0 Å². The molecule has 0 aliphatic carbocycles. The van der Waals surface area contributed by atoms with Crippen molar-refractivity contribution in [3.63, 3.8) is 0 Å². The van der Waals surface area contributed by atoms with Gasteiger partial charge in [0.2, 0.25) is 0 Å². The number of rotatable bonds is 0. The molecule has 0 amide bonds. The van der Waals surface area contributed by atoms with E-state index in [4.69, 9.17) is 11.1 Å². The first kappa shape index (κ1) is 4.95. The van der Waals surface area contributed by atoms with Crippen LogP contribution in [-0.4, -0.2) is 44.1 Å². The molecule has 0 radical (unpaired) electrons. The summed E-state index contributed by atoms with van der Waals surface area (Å²) in [6.45, 7) is 0. The quantitative estimate of drug-likeness (QED) is 0.242. The number of hydrogen-bond acceptors (Lipinski definition) is 1. The first-order chi connectivity index (χ1) is 1.73. The summed E-state index contributed by atoms with van der Waals surface area (Å²) in [4.78, 5) is 0. The fraction of sp³-hybridized carbons (Fsp3) is 0. The molecule has 0 rings (SSSR count). The minimum atomic E-state index is 0.291. The molecule has 0 bridgehead atoms. The van der Waals surface area contributed by atoms with Gasteiger partial charge in [0.25, 0.3) is 0 Å². The molecule has 0 atom stereocenters.